The van der Waals surface area contributed by atoms with Crippen LogP contribution in [0, 0.1) is 5.92 Å². The van der Waals surface area contributed by atoms with Crippen molar-refractivity contribution < 1.29 is 4.79 Å². The van der Waals surface area contributed by atoms with Gasteiger partial charge in [-0.25, -0.2) is 4.98 Å². The number of carbonyl (C=O) groups is 1. The van der Waals surface area contributed by atoms with Crippen LogP contribution in [0.25, 0.3) is 0 Å². The van der Waals surface area contributed by atoms with Gasteiger partial charge in [-0.3, -0.25) is 9.78 Å². The molecule has 2 rings (SSSR count). The van der Waals surface area contributed by atoms with E-state index in [1.54, 1.807) is 18.6 Å². The molecule has 2 heterocycles. The normalized spacial score (nSPS) is 10.4. The Balaban J connectivity index is 1.86. The summed E-state index contributed by atoms with van der Waals surface area (Å²) in [6.45, 7) is 4.72. The summed E-state index contributed by atoms with van der Waals surface area (Å²) in [7, 11) is 0. The van der Waals surface area contributed by atoms with E-state index in [1.807, 2.05) is 38.1 Å². The van der Waals surface area contributed by atoms with Crippen molar-refractivity contribution in [3.63, 3.8) is 0 Å². The molecule has 2 aromatic heterocycles. The van der Waals surface area contributed by atoms with Crippen molar-refractivity contribution in [3.8, 4) is 0 Å². The number of hydrogen-bond acceptors (Lipinski definition) is 4. The molecule has 0 fully saturated rings. The van der Waals surface area contributed by atoms with Crippen LogP contribution in [0.1, 0.15) is 25.8 Å². The highest BCUT2D eigenvalue weighted by molar-refractivity contribution is 5.90. The molecule has 21 heavy (non-hydrogen) atoms. The SMILES string of the molecule is CC(C)CC(=O)Nc1ccc(NCc2ccncc2)nc1. The summed E-state index contributed by atoms with van der Waals surface area (Å²) in [4.78, 5) is 19.9. The summed E-state index contributed by atoms with van der Waals surface area (Å²) in [5.41, 5.74) is 1.86. The van der Waals surface area contributed by atoms with E-state index in [2.05, 4.69) is 20.6 Å². The maximum atomic E-state index is 11.7. The maximum absolute atomic E-state index is 11.7. The number of amides is 1. The number of anilines is 2. The molecule has 1 amide bonds. The molecule has 0 radical (unpaired) electrons. The Labute approximate surface area is 124 Å². The highest BCUT2D eigenvalue weighted by atomic mass is 16.1. The van der Waals surface area contributed by atoms with Gasteiger partial charge in [-0.1, -0.05) is 13.8 Å². The van der Waals surface area contributed by atoms with Crippen LogP contribution >= 0.6 is 0 Å². The molecule has 5 nitrogen and oxygen atoms in total. The van der Waals surface area contributed by atoms with Gasteiger partial charge in [0.2, 0.25) is 5.91 Å². The number of hydrogen-bond donors (Lipinski definition) is 2. The first kappa shape index (κ1) is 15.0. The average molecular weight is 284 g/mol. The van der Waals surface area contributed by atoms with E-state index in [1.165, 1.54) is 0 Å². The first-order chi connectivity index (χ1) is 10.1. The highest BCUT2D eigenvalue weighted by Crippen LogP contribution is 2.12. The summed E-state index contributed by atoms with van der Waals surface area (Å²) in [6, 6.07) is 7.60. The standard InChI is InChI=1S/C16H20N4O/c1-12(2)9-16(21)20-14-3-4-15(19-11-14)18-10-13-5-7-17-8-6-13/h3-8,11-12H,9-10H2,1-2H3,(H,18,19)(H,20,21). The Morgan fingerprint density at radius 3 is 2.57 bits per heavy atom. The smallest absolute Gasteiger partial charge is 0.224 e. The molecule has 0 saturated carbocycles. The number of nitrogens with one attached hydrogen (secondary N) is 2. The minimum absolute atomic E-state index is 0.0179. The molecule has 5 heteroatoms. The third-order valence-electron chi connectivity index (χ3n) is 2.86. The minimum atomic E-state index is 0.0179. The van der Waals surface area contributed by atoms with E-state index in [-0.39, 0.29) is 5.91 Å². The van der Waals surface area contributed by atoms with Gasteiger partial charge in [-0.05, 0) is 35.7 Å². The second-order valence-corrected chi connectivity index (χ2v) is 5.29. The maximum Gasteiger partial charge on any atom is 0.224 e. The van der Waals surface area contributed by atoms with Crippen molar-refractivity contribution in [1.82, 2.24) is 9.97 Å². The van der Waals surface area contributed by atoms with Gasteiger partial charge in [0.25, 0.3) is 0 Å². The van der Waals surface area contributed by atoms with Crippen LogP contribution in [0.4, 0.5) is 11.5 Å². The Morgan fingerprint density at radius 1 is 1.19 bits per heavy atom. The minimum Gasteiger partial charge on any atom is -0.366 e. The fraction of sp³-hybridized carbons (Fsp3) is 0.312. The third-order valence-corrected chi connectivity index (χ3v) is 2.86. The zero-order chi connectivity index (χ0) is 15.1. The molecule has 0 aromatic carbocycles. The molecule has 0 aliphatic rings. The lowest BCUT2D eigenvalue weighted by molar-refractivity contribution is -0.116. The van der Waals surface area contributed by atoms with E-state index < -0.39 is 0 Å². The van der Waals surface area contributed by atoms with E-state index >= 15 is 0 Å². The first-order valence-electron chi connectivity index (χ1n) is 7.02. The van der Waals surface area contributed by atoms with Crippen molar-refractivity contribution in [2.45, 2.75) is 26.8 Å². The van der Waals surface area contributed by atoms with Crippen LogP contribution < -0.4 is 10.6 Å². The summed E-state index contributed by atoms with van der Waals surface area (Å²) in [6.07, 6.45) is 5.70. The van der Waals surface area contributed by atoms with Gasteiger partial charge in [0.05, 0.1) is 11.9 Å². The van der Waals surface area contributed by atoms with Crippen molar-refractivity contribution in [2.75, 3.05) is 10.6 Å². The number of nitrogens with zero attached hydrogens (tertiary/aromatic N) is 2. The Hall–Kier alpha value is -2.43. The van der Waals surface area contributed by atoms with Crippen LogP contribution in [0.15, 0.2) is 42.9 Å². The van der Waals surface area contributed by atoms with E-state index in [4.69, 9.17) is 0 Å². The Kier molecular flexibility index (Phi) is 5.26. The van der Waals surface area contributed by atoms with Gasteiger partial charge in [-0.15, -0.1) is 0 Å². The molecule has 0 unspecified atom stereocenters. The lowest BCUT2D eigenvalue weighted by Crippen LogP contribution is -2.14. The number of carbonyl (C=O) groups excluding carboxylic acids is 1. The van der Waals surface area contributed by atoms with Gasteiger partial charge in [0.15, 0.2) is 0 Å². The zero-order valence-electron chi connectivity index (χ0n) is 12.3. The van der Waals surface area contributed by atoms with Gasteiger partial charge < -0.3 is 10.6 Å². The predicted octanol–water partition coefficient (Wildman–Crippen LogP) is 3.07. The van der Waals surface area contributed by atoms with Crippen LogP contribution in [0.2, 0.25) is 0 Å². The lowest BCUT2D eigenvalue weighted by Gasteiger charge is -2.08. The van der Waals surface area contributed by atoms with E-state index in [0.29, 0.717) is 18.9 Å². The predicted molar refractivity (Wildman–Crippen MR) is 83.9 cm³/mol. The van der Waals surface area contributed by atoms with Crippen molar-refractivity contribution in [3.05, 3.63) is 48.4 Å². The number of aromatic nitrogens is 2. The van der Waals surface area contributed by atoms with Crippen LogP contribution in [0.3, 0.4) is 0 Å². The van der Waals surface area contributed by atoms with Crippen molar-refractivity contribution >= 4 is 17.4 Å². The van der Waals surface area contributed by atoms with Crippen LogP contribution in [-0.2, 0) is 11.3 Å². The van der Waals surface area contributed by atoms with Crippen LogP contribution in [-0.4, -0.2) is 15.9 Å². The van der Waals surface area contributed by atoms with Crippen molar-refractivity contribution in [2.24, 2.45) is 5.92 Å². The summed E-state index contributed by atoms with van der Waals surface area (Å²) in [5, 5.41) is 6.06. The van der Waals surface area contributed by atoms with E-state index in [9.17, 15) is 4.79 Å². The molecular weight excluding hydrogens is 264 g/mol. The fourth-order valence-corrected chi connectivity index (χ4v) is 1.85. The summed E-state index contributed by atoms with van der Waals surface area (Å²) in [5.74, 6) is 1.14. The number of pyridine rings is 2. The second-order valence-electron chi connectivity index (χ2n) is 5.29. The van der Waals surface area contributed by atoms with Gasteiger partial charge in [0, 0.05) is 25.4 Å². The van der Waals surface area contributed by atoms with E-state index in [0.717, 1.165) is 17.1 Å². The Bertz CT molecular complexity index is 567. The highest BCUT2D eigenvalue weighted by Gasteiger charge is 2.05. The average Bonchev–Trinajstić information content (AvgIpc) is 2.47. The quantitative estimate of drug-likeness (QED) is 0.855. The molecule has 0 atom stereocenters. The third kappa shape index (κ3) is 5.22. The first-order valence-corrected chi connectivity index (χ1v) is 7.02. The molecule has 0 saturated heterocycles. The fourth-order valence-electron chi connectivity index (χ4n) is 1.85. The Morgan fingerprint density at radius 2 is 1.95 bits per heavy atom. The topological polar surface area (TPSA) is 66.9 Å². The van der Waals surface area contributed by atoms with Gasteiger partial charge in [0.1, 0.15) is 5.82 Å². The molecule has 2 aromatic rings. The molecule has 2 N–H and O–H groups in total. The molecule has 0 bridgehead atoms. The second kappa shape index (κ2) is 7.38. The molecule has 0 aliphatic heterocycles. The van der Waals surface area contributed by atoms with Crippen molar-refractivity contribution in [1.29, 1.82) is 0 Å². The molecule has 0 aliphatic carbocycles. The zero-order valence-corrected chi connectivity index (χ0v) is 12.3. The van der Waals surface area contributed by atoms with Gasteiger partial charge in [-0.2, -0.15) is 0 Å². The van der Waals surface area contributed by atoms with Crippen LogP contribution in [0.5, 0.6) is 0 Å². The van der Waals surface area contributed by atoms with Gasteiger partial charge >= 0.3 is 0 Å². The summed E-state index contributed by atoms with van der Waals surface area (Å²) < 4.78 is 0. The number of rotatable bonds is 6. The molecule has 0 spiro atoms. The lowest BCUT2D eigenvalue weighted by atomic mass is 10.1. The molecular formula is C16H20N4O. The largest absolute Gasteiger partial charge is 0.366 e. The molecule has 110 valence electrons. The summed E-state index contributed by atoms with van der Waals surface area (Å²) >= 11 is 0. The monoisotopic (exact) mass is 284 g/mol.